The summed E-state index contributed by atoms with van der Waals surface area (Å²) < 4.78 is 83.9. The summed E-state index contributed by atoms with van der Waals surface area (Å²) >= 11 is 0. The molecule has 0 aromatic heterocycles. The molecular formula is C15H10F6O2. The van der Waals surface area contributed by atoms with E-state index in [2.05, 4.69) is 4.74 Å². The molecule has 2 aromatic rings. The van der Waals surface area contributed by atoms with Gasteiger partial charge in [-0.05, 0) is 41.5 Å². The summed E-state index contributed by atoms with van der Waals surface area (Å²) in [6, 6.07) is 7.61. The van der Waals surface area contributed by atoms with Gasteiger partial charge in [0.15, 0.2) is 0 Å². The summed E-state index contributed by atoms with van der Waals surface area (Å²) in [4.78, 5) is 0. The van der Waals surface area contributed by atoms with Gasteiger partial charge in [-0.2, -0.15) is 13.2 Å². The molecule has 124 valence electrons. The Morgan fingerprint density at radius 3 is 2.00 bits per heavy atom. The zero-order valence-corrected chi connectivity index (χ0v) is 11.6. The average Bonchev–Trinajstić information content (AvgIpc) is 2.44. The lowest BCUT2D eigenvalue weighted by Crippen LogP contribution is -2.17. The van der Waals surface area contributed by atoms with Crippen LogP contribution in [-0.4, -0.2) is 13.5 Å². The lowest BCUT2D eigenvalue weighted by Gasteiger charge is -2.13. The molecule has 0 N–H and O–H groups in total. The minimum Gasteiger partial charge on any atom is -0.497 e. The van der Waals surface area contributed by atoms with Gasteiger partial charge in [-0.1, -0.05) is 12.1 Å². The van der Waals surface area contributed by atoms with Gasteiger partial charge in [-0.25, -0.2) is 0 Å². The molecule has 2 aromatic carbocycles. The molecular weight excluding hydrogens is 326 g/mol. The Morgan fingerprint density at radius 1 is 0.783 bits per heavy atom. The summed E-state index contributed by atoms with van der Waals surface area (Å²) in [5.74, 6) is -0.580. The van der Waals surface area contributed by atoms with Crippen LogP contribution in [0.1, 0.15) is 5.56 Å². The first-order valence-electron chi connectivity index (χ1n) is 6.21. The molecule has 2 nitrogen and oxygen atoms in total. The zero-order chi connectivity index (χ0) is 17.3. The van der Waals surface area contributed by atoms with Gasteiger partial charge in [0.05, 0.1) is 12.7 Å². The molecule has 2 rings (SSSR count). The fraction of sp³-hybridized carbons (Fsp3) is 0.200. The van der Waals surface area contributed by atoms with Crippen molar-refractivity contribution in [3.63, 3.8) is 0 Å². The number of methoxy groups -OCH3 is 1. The van der Waals surface area contributed by atoms with Gasteiger partial charge in [0.1, 0.15) is 11.5 Å². The molecule has 0 atom stereocenters. The molecule has 0 aliphatic carbocycles. The van der Waals surface area contributed by atoms with Crippen molar-refractivity contribution in [1.82, 2.24) is 0 Å². The second kappa shape index (κ2) is 6.02. The predicted molar refractivity (Wildman–Crippen MR) is 70.1 cm³/mol. The molecule has 0 saturated carbocycles. The zero-order valence-electron chi connectivity index (χ0n) is 11.6. The van der Waals surface area contributed by atoms with E-state index in [9.17, 15) is 26.3 Å². The average molecular weight is 336 g/mol. The van der Waals surface area contributed by atoms with Gasteiger partial charge >= 0.3 is 12.5 Å². The monoisotopic (exact) mass is 336 g/mol. The van der Waals surface area contributed by atoms with Crippen LogP contribution in [-0.2, 0) is 6.18 Å². The minimum absolute atomic E-state index is 0.0584. The van der Waals surface area contributed by atoms with Crippen molar-refractivity contribution in [3.05, 3.63) is 48.0 Å². The lowest BCUT2D eigenvalue weighted by atomic mass is 10.0. The third-order valence-corrected chi connectivity index (χ3v) is 2.87. The van der Waals surface area contributed by atoms with Crippen LogP contribution in [0.3, 0.4) is 0 Å². The van der Waals surface area contributed by atoms with Crippen LogP contribution in [0.5, 0.6) is 11.5 Å². The molecule has 0 radical (unpaired) electrons. The van der Waals surface area contributed by atoms with Crippen LogP contribution in [0.4, 0.5) is 26.3 Å². The smallest absolute Gasteiger partial charge is 0.497 e. The van der Waals surface area contributed by atoms with Crippen LogP contribution in [0, 0.1) is 0 Å². The molecule has 0 bridgehead atoms. The molecule has 0 heterocycles. The molecule has 0 amide bonds. The van der Waals surface area contributed by atoms with Crippen molar-refractivity contribution >= 4 is 0 Å². The van der Waals surface area contributed by atoms with E-state index in [4.69, 9.17) is 4.74 Å². The topological polar surface area (TPSA) is 18.5 Å². The maximum atomic E-state index is 12.9. The number of halogens is 6. The largest absolute Gasteiger partial charge is 0.573 e. The Morgan fingerprint density at radius 2 is 1.43 bits per heavy atom. The number of hydrogen-bond acceptors (Lipinski definition) is 2. The first-order valence-corrected chi connectivity index (χ1v) is 6.21. The quantitative estimate of drug-likeness (QED) is 0.710. The third kappa shape index (κ3) is 4.54. The van der Waals surface area contributed by atoms with Crippen LogP contribution < -0.4 is 9.47 Å². The highest BCUT2D eigenvalue weighted by atomic mass is 19.4. The van der Waals surface area contributed by atoms with Gasteiger partial charge in [0.2, 0.25) is 0 Å². The second-order valence-electron chi connectivity index (χ2n) is 4.52. The molecule has 0 spiro atoms. The van der Waals surface area contributed by atoms with E-state index < -0.39 is 23.9 Å². The Hall–Kier alpha value is -2.38. The van der Waals surface area contributed by atoms with E-state index in [0.29, 0.717) is 0 Å². The summed E-state index contributed by atoms with van der Waals surface area (Å²) in [6.45, 7) is 0. The first-order chi connectivity index (χ1) is 10.6. The van der Waals surface area contributed by atoms with Crippen molar-refractivity contribution in [3.8, 4) is 22.6 Å². The molecule has 0 aliphatic heterocycles. The number of hydrogen-bond donors (Lipinski definition) is 0. The van der Waals surface area contributed by atoms with Crippen LogP contribution >= 0.6 is 0 Å². The maximum absolute atomic E-state index is 12.9. The summed E-state index contributed by atoms with van der Waals surface area (Å²) in [6.07, 6.45) is -9.49. The van der Waals surface area contributed by atoms with Gasteiger partial charge in [-0.15, -0.1) is 13.2 Å². The fourth-order valence-electron chi connectivity index (χ4n) is 1.92. The number of benzene rings is 2. The van der Waals surface area contributed by atoms with E-state index in [1.54, 1.807) is 0 Å². The Balaban J connectivity index is 2.47. The summed E-state index contributed by atoms with van der Waals surface area (Å²) in [5.41, 5.74) is -0.769. The summed E-state index contributed by atoms with van der Waals surface area (Å²) in [5, 5.41) is 0. The van der Waals surface area contributed by atoms with Crippen molar-refractivity contribution in [2.45, 2.75) is 12.5 Å². The van der Waals surface area contributed by atoms with E-state index in [-0.39, 0.29) is 16.9 Å². The predicted octanol–water partition coefficient (Wildman–Crippen LogP) is 5.28. The van der Waals surface area contributed by atoms with E-state index in [0.717, 1.165) is 24.3 Å². The first kappa shape index (κ1) is 17.0. The number of alkyl halides is 6. The maximum Gasteiger partial charge on any atom is 0.573 e. The second-order valence-corrected chi connectivity index (χ2v) is 4.52. The van der Waals surface area contributed by atoms with Crippen molar-refractivity contribution in [2.24, 2.45) is 0 Å². The molecule has 0 unspecified atom stereocenters. The molecule has 0 aliphatic rings. The van der Waals surface area contributed by atoms with Crippen molar-refractivity contribution in [2.75, 3.05) is 7.11 Å². The fourth-order valence-corrected chi connectivity index (χ4v) is 1.92. The van der Waals surface area contributed by atoms with Crippen LogP contribution in [0.15, 0.2) is 42.5 Å². The highest BCUT2D eigenvalue weighted by Gasteiger charge is 2.32. The molecule has 8 heteroatoms. The normalized spacial score (nSPS) is 12.1. The van der Waals surface area contributed by atoms with E-state index >= 15 is 0 Å². The Kier molecular flexibility index (Phi) is 4.44. The Bertz CT molecular complexity index is 691. The standard InChI is InChI=1S/C15H10F6O2/c1-22-13-7-10(5-11(8-13)14(16,17)18)9-3-2-4-12(6-9)23-15(19,20)21/h2-8H,1H3. The van der Waals surface area contributed by atoms with E-state index in [1.807, 2.05) is 0 Å². The highest BCUT2D eigenvalue weighted by molar-refractivity contribution is 5.68. The minimum atomic E-state index is -4.88. The van der Waals surface area contributed by atoms with Gasteiger partial charge < -0.3 is 9.47 Å². The van der Waals surface area contributed by atoms with Crippen molar-refractivity contribution in [1.29, 1.82) is 0 Å². The van der Waals surface area contributed by atoms with Gasteiger partial charge in [-0.3, -0.25) is 0 Å². The van der Waals surface area contributed by atoms with Crippen LogP contribution in [0.25, 0.3) is 11.1 Å². The third-order valence-electron chi connectivity index (χ3n) is 2.87. The molecule has 0 fully saturated rings. The number of rotatable bonds is 3. The number of ether oxygens (including phenoxy) is 2. The SMILES string of the molecule is COc1cc(-c2cccc(OC(F)(F)F)c2)cc(C(F)(F)F)c1. The van der Waals surface area contributed by atoms with Crippen LogP contribution in [0.2, 0.25) is 0 Å². The lowest BCUT2D eigenvalue weighted by molar-refractivity contribution is -0.274. The highest BCUT2D eigenvalue weighted by Crippen LogP contribution is 2.36. The molecule has 23 heavy (non-hydrogen) atoms. The molecule has 0 saturated heterocycles. The van der Waals surface area contributed by atoms with Crippen molar-refractivity contribution < 1.29 is 35.8 Å². The summed E-state index contributed by atoms with van der Waals surface area (Å²) in [7, 11) is 1.20. The Labute approximate surface area is 127 Å². The van der Waals surface area contributed by atoms with Gasteiger partial charge in [0.25, 0.3) is 0 Å². The van der Waals surface area contributed by atoms with E-state index in [1.165, 1.54) is 25.3 Å². The van der Waals surface area contributed by atoms with Gasteiger partial charge in [0, 0.05) is 0 Å².